The Balaban J connectivity index is 2.55. The van der Waals surface area contributed by atoms with Crippen molar-refractivity contribution in [3.8, 4) is 5.82 Å². The van der Waals surface area contributed by atoms with Gasteiger partial charge in [-0.3, -0.25) is 4.57 Å². The van der Waals surface area contributed by atoms with E-state index in [-0.39, 0.29) is 0 Å². The van der Waals surface area contributed by atoms with Crippen LogP contribution in [0.3, 0.4) is 0 Å². The summed E-state index contributed by atoms with van der Waals surface area (Å²) in [6.45, 7) is 4.19. The molecule has 0 atom stereocenters. The van der Waals surface area contributed by atoms with Crippen LogP contribution in [-0.4, -0.2) is 19.5 Å². The molecule has 0 fully saturated rings. The third-order valence-corrected chi connectivity index (χ3v) is 2.72. The third-order valence-electron chi connectivity index (χ3n) is 2.72. The lowest BCUT2D eigenvalue weighted by Gasteiger charge is -2.12. The number of imidazole rings is 1. The van der Waals surface area contributed by atoms with Crippen molar-refractivity contribution in [3.63, 3.8) is 0 Å². The summed E-state index contributed by atoms with van der Waals surface area (Å²) in [5, 5.41) is 0. The molecule has 0 spiro atoms. The molecule has 0 aliphatic heterocycles. The smallest absolute Gasteiger partial charge is 0.146 e. The maximum absolute atomic E-state index is 5.92. The molecule has 90 valence electrons. The topological polar surface area (TPSA) is 69.6 Å². The van der Waals surface area contributed by atoms with Crippen molar-refractivity contribution in [1.82, 2.24) is 19.5 Å². The Morgan fingerprint density at radius 1 is 1.24 bits per heavy atom. The zero-order valence-electron chi connectivity index (χ0n) is 10.2. The lowest BCUT2D eigenvalue weighted by atomic mass is 10.1. The van der Waals surface area contributed by atoms with Crippen LogP contribution in [0.15, 0.2) is 18.7 Å². The molecule has 0 radical (unpaired) electrons. The van der Waals surface area contributed by atoms with Crippen LogP contribution in [0.5, 0.6) is 0 Å². The van der Waals surface area contributed by atoms with Gasteiger partial charge in [-0.25, -0.2) is 15.0 Å². The van der Waals surface area contributed by atoms with Crippen LogP contribution in [0.2, 0.25) is 0 Å². The first-order valence-corrected chi connectivity index (χ1v) is 5.89. The lowest BCUT2D eigenvalue weighted by Crippen LogP contribution is -2.09. The van der Waals surface area contributed by atoms with Crippen molar-refractivity contribution >= 4 is 5.82 Å². The standard InChI is InChI=1S/C12H17N5/c1-3-5-9-11(13)15-8-16-12(9)17-7-6-14-10(17)4-2/h6-8H,3-5H2,1-2H3,(H2,13,15,16). The number of aromatic nitrogens is 4. The van der Waals surface area contributed by atoms with Gasteiger partial charge in [-0.15, -0.1) is 0 Å². The number of hydrogen-bond donors (Lipinski definition) is 1. The molecular weight excluding hydrogens is 214 g/mol. The molecule has 2 N–H and O–H groups in total. The van der Waals surface area contributed by atoms with Crippen LogP contribution in [0.25, 0.3) is 5.82 Å². The van der Waals surface area contributed by atoms with Gasteiger partial charge in [0.15, 0.2) is 0 Å². The fourth-order valence-corrected chi connectivity index (χ4v) is 1.90. The Kier molecular flexibility index (Phi) is 3.37. The van der Waals surface area contributed by atoms with E-state index in [0.29, 0.717) is 5.82 Å². The molecule has 2 rings (SSSR count). The minimum Gasteiger partial charge on any atom is -0.383 e. The van der Waals surface area contributed by atoms with Crippen molar-refractivity contribution in [2.75, 3.05) is 5.73 Å². The van der Waals surface area contributed by atoms with Crippen LogP contribution in [-0.2, 0) is 12.8 Å². The quantitative estimate of drug-likeness (QED) is 0.870. The molecule has 2 heterocycles. The van der Waals surface area contributed by atoms with E-state index in [1.807, 2.05) is 10.8 Å². The Labute approximate surface area is 101 Å². The van der Waals surface area contributed by atoms with Crippen molar-refractivity contribution in [2.45, 2.75) is 33.1 Å². The first kappa shape index (κ1) is 11.6. The lowest BCUT2D eigenvalue weighted by molar-refractivity contribution is 0.823. The predicted molar refractivity (Wildman–Crippen MR) is 66.9 cm³/mol. The van der Waals surface area contributed by atoms with E-state index in [0.717, 1.165) is 36.5 Å². The number of anilines is 1. The monoisotopic (exact) mass is 231 g/mol. The largest absolute Gasteiger partial charge is 0.383 e. The van der Waals surface area contributed by atoms with Gasteiger partial charge in [0, 0.05) is 24.4 Å². The highest BCUT2D eigenvalue weighted by Gasteiger charge is 2.12. The molecule has 0 saturated heterocycles. The molecule has 0 aromatic carbocycles. The number of nitrogens with zero attached hydrogens (tertiary/aromatic N) is 4. The Bertz CT molecular complexity index is 503. The van der Waals surface area contributed by atoms with Gasteiger partial charge in [0.05, 0.1) is 0 Å². The summed E-state index contributed by atoms with van der Waals surface area (Å²) in [7, 11) is 0. The molecule has 2 aromatic rings. The van der Waals surface area contributed by atoms with Crippen LogP contribution < -0.4 is 5.73 Å². The average molecular weight is 231 g/mol. The Morgan fingerprint density at radius 2 is 2.06 bits per heavy atom. The highest BCUT2D eigenvalue weighted by molar-refractivity contribution is 5.49. The maximum atomic E-state index is 5.92. The molecule has 0 bridgehead atoms. The SMILES string of the molecule is CCCc1c(N)ncnc1-n1ccnc1CC. The summed E-state index contributed by atoms with van der Waals surface area (Å²) in [6.07, 6.45) is 7.96. The second-order valence-corrected chi connectivity index (χ2v) is 3.88. The molecule has 0 saturated carbocycles. The fourth-order valence-electron chi connectivity index (χ4n) is 1.90. The summed E-state index contributed by atoms with van der Waals surface area (Å²) in [5.41, 5.74) is 6.92. The van der Waals surface area contributed by atoms with Gasteiger partial charge in [0.25, 0.3) is 0 Å². The van der Waals surface area contributed by atoms with E-state index >= 15 is 0 Å². The molecule has 0 unspecified atom stereocenters. The van der Waals surface area contributed by atoms with Crippen molar-refractivity contribution < 1.29 is 0 Å². The van der Waals surface area contributed by atoms with Crippen molar-refractivity contribution in [2.24, 2.45) is 0 Å². The second-order valence-electron chi connectivity index (χ2n) is 3.88. The van der Waals surface area contributed by atoms with Gasteiger partial charge >= 0.3 is 0 Å². The highest BCUT2D eigenvalue weighted by atomic mass is 15.1. The summed E-state index contributed by atoms with van der Waals surface area (Å²) in [4.78, 5) is 12.7. The highest BCUT2D eigenvalue weighted by Crippen LogP contribution is 2.19. The summed E-state index contributed by atoms with van der Waals surface area (Å²) in [5.74, 6) is 2.40. The molecule has 17 heavy (non-hydrogen) atoms. The van der Waals surface area contributed by atoms with Gasteiger partial charge in [0.2, 0.25) is 0 Å². The van der Waals surface area contributed by atoms with Crippen LogP contribution in [0.1, 0.15) is 31.7 Å². The number of nitrogens with two attached hydrogens (primary N) is 1. The molecular formula is C12H17N5. The number of aryl methyl sites for hydroxylation is 1. The van der Waals surface area contributed by atoms with Crippen molar-refractivity contribution in [3.05, 3.63) is 30.1 Å². The van der Waals surface area contributed by atoms with Gasteiger partial charge in [0.1, 0.15) is 23.8 Å². The molecule has 0 aliphatic carbocycles. The van der Waals surface area contributed by atoms with Crippen molar-refractivity contribution in [1.29, 1.82) is 0 Å². The van der Waals surface area contributed by atoms with E-state index in [2.05, 4.69) is 28.8 Å². The molecule has 0 amide bonds. The van der Waals surface area contributed by atoms with Crippen LogP contribution in [0, 0.1) is 0 Å². The molecule has 5 nitrogen and oxygen atoms in total. The zero-order valence-corrected chi connectivity index (χ0v) is 10.2. The summed E-state index contributed by atoms with van der Waals surface area (Å²) >= 11 is 0. The first-order chi connectivity index (χ1) is 8.27. The van der Waals surface area contributed by atoms with Gasteiger partial charge < -0.3 is 5.73 Å². The number of nitrogen functional groups attached to an aromatic ring is 1. The molecule has 2 aromatic heterocycles. The average Bonchev–Trinajstić information content (AvgIpc) is 2.80. The number of rotatable bonds is 4. The fraction of sp³-hybridized carbons (Fsp3) is 0.417. The van der Waals surface area contributed by atoms with E-state index in [4.69, 9.17) is 5.73 Å². The van der Waals surface area contributed by atoms with Gasteiger partial charge in [-0.05, 0) is 6.42 Å². The van der Waals surface area contributed by atoms with Gasteiger partial charge in [-0.2, -0.15) is 0 Å². The minimum atomic E-state index is 0.563. The van der Waals surface area contributed by atoms with Crippen LogP contribution in [0.4, 0.5) is 5.82 Å². The van der Waals surface area contributed by atoms with E-state index in [9.17, 15) is 0 Å². The number of hydrogen-bond acceptors (Lipinski definition) is 4. The first-order valence-electron chi connectivity index (χ1n) is 5.89. The van der Waals surface area contributed by atoms with Gasteiger partial charge in [-0.1, -0.05) is 20.3 Å². The van der Waals surface area contributed by atoms with E-state index in [1.165, 1.54) is 6.33 Å². The van der Waals surface area contributed by atoms with E-state index in [1.54, 1.807) is 6.20 Å². The zero-order chi connectivity index (χ0) is 12.3. The molecule has 0 aliphatic rings. The molecule has 5 heteroatoms. The summed E-state index contributed by atoms with van der Waals surface area (Å²) in [6, 6.07) is 0. The third kappa shape index (κ3) is 2.13. The summed E-state index contributed by atoms with van der Waals surface area (Å²) < 4.78 is 1.99. The Hall–Kier alpha value is -1.91. The second kappa shape index (κ2) is 4.95. The maximum Gasteiger partial charge on any atom is 0.146 e. The predicted octanol–water partition coefficient (Wildman–Crippen LogP) is 1.76. The van der Waals surface area contributed by atoms with E-state index < -0.39 is 0 Å². The minimum absolute atomic E-state index is 0.563. The Morgan fingerprint density at radius 3 is 2.76 bits per heavy atom. The normalized spacial score (nSPS) is 10.7. The van der Waals surface area contributed by atoms with Crippen LogP contribution >= 0.6 is 0 Å².